The lowest BCUT2D eigenvalue weighted by molar-refractivity contribution is -0.703. The van der Waals surface area contributed by atoms with Crippen LogP contribution in [0.5, 0.6) is 5.75 Å². The lowest BCUT2D eigenvalue weighted by Crippen LogP contribution is -2.42. The summed E-state index contributed by atoms with van der Waals surface area (Å²) in [7, 11) is 0. The van der Waals surface area contributed by atoms with Crippen molar-refractivity contribution in [2.24, 2.45) is 0 Å². The third-order valence-corrected chi connectivity index (χ3v) is 3.14. The van der Waals surface area contributed by atoms with Crippen LogP contribution in [-0.4, -0.2) is 34.8 Å². The summed E-state index contributed by atoms with van der Waals surface area (Å²) in [5.74, 6) is -0.610. The molecule has 0 radical (unpaired) electrons. The minimum absolute atomic E-state index is 0.0593. The van der Waals surface area contributed by atoms with Crippen molar-refractivity contribution in [3.63, 3.8) is 0 Å². The van der Waals surface area contributed by atoms with Gasteiger partial charge in [-0.2, -0.15) is 0 Å². The predicted molar refractivity (Wildman–Crippen MR) is 85.8 cm³/mol. The van der Waals surface area contributed by atoms with E-state index in [0.717, 1.165) is 0 Å². The average molecular weight is 331 g/mol. The number of hydrogen-bond acceptors (Lipinski definition) is 4. The number of aliphatic hydroxyl groups is 1. The van der Waals surface area contributed by atoms with Gasteiger partial charge in [0, 0.05) is 18.7 Å². The Hall–Kier alpha value is -2.93. The van der Waals surface area contributed by atoms with Crippen molar-refractivity contribution in [1.29, 1.82) is 0 Å². The highest BCUT2D eigenvalue weighted by Crippen LogP contribution is 2.15. The highest BCUT2D eigenvalue weighted by Gasteiger charge is 2.14. The number of carboxylic acids is 1. The van der Waals surface area contributed by atoms with Crippen LogP contribution in [0.4, 0.5) is 5.69 Å². The summed E-state index contributed by atoms with van der Waals surface area (Å²) in [4.78, 5) is 21.9. The van der Waals surface area contributed by atoms with Crippen LogP contribution < -0.4 is 14.6 Å². The van der Waals surface area contributed by atoms with Crippen molar-refractivity contribution < 1.29 is 29.1 Å². The first-order valence-corrected chi connectivity index (χ1v) is 7.35. The van der Waals surface area contributed by atoms with E-state index in [-0.39, 0.29) is 24.6 Å². The zero-order valence-electron chi connectivity index (χ0n) is 13.2. The Morgan fingerprint density at radius 3 is 2.58 bits per heavy atom. The summed E-state index contributed by atoms with van der Waals surface area (Å²) in [6, 6.07) is 9.88. The van der Waals surface area contributed by atoms with Gasteiger partial charge in [0.15, 0.2) is 18.9 Å². The van der Waals surface area contributed by atoms with Gasteiger partial charge in [0.25, 0.3) is 0 Å². The normalized spacial score (nSPS) is 11.6. The van der Waals surface area contributed by atoms with Gasteiger partial charge in [-0.3, -0.25) is 4.79 Å². The highest BCUT2D eigenvalue weighted by molar-refractivity contribution is 5.88. The summed E-state index contributed by atoms with van der Waals surface area (Å²) < 4.78 is 7.08. The van der Waals surface area contributed by atoms with Gasteiger partial charge < -0.3 is 20.3 Å². The first-order valence-electron chi connectivity index (χ1n) is 7.35. The fourth-order valence-electron chi connectivity index (χ4n) is 2.09. The molecule has 1 atom stereocenters. The van der Waals surface area contributed by atoms with Gasteiger partial charge in [0.2, 0.25) is 5.91 Å². The quantitative estimate of drug-likeness (QED) is 0.659. The van der Waals surface area contributed by atoms with Gasteiger partial charge in [-0.25, -0.2) is 9.36 Å². The van der Waals surface area contributed by atoms with Crippen molar-refractivity contribution in [2.45, 2.75) is 19.6 Å². The standard InChI is InChI=1S/C17H18N2O5/c1-12(20)18-14-4-6-16(7-5-14)24-11-15(21)10-19-8-2-3-13(9-19)17(22)23/h2-9,15,21H,10-11H2,1H3,(H-,18,20,22,23)/p+1/t15-/m1/s1. The van der Waals surface area contributed by atoms with E-state index in [9.17, 15) is 14.7 Å². The number of aromatic nitrogens is 1. The number of pyridine rings is 1. The van der Waals surface area contributed by atoms with Gasteiger partial charge in [-0.15, -0.1) is 0 Å². The second kappa shape index (κ2) is 8.07. The molecular formula is C17H19N2O5+. The Morgan fingerprint density at radius 2 is 1.96 bits per heavy atom. The Bertz CT molecular complexity index is 715. The third kappa shape index (κ3) is 5.36. The molecule has 2 aromatic rings. The Kier molecular flexibility index (Phi) is 5.86. The van der Waals surface area contributed by atoms with Crippen LogP contribution >= 0.6 is 0 Å². The number of rotatable bonds is 7. The third-order valence-electron chi connectivity index (χ3n) is 3.14. The van der Waals surface area contributed by atoms with Gasteiger partial charge in [-0.05, 0) is 30.3 Å². The second-order valence-corrected chi connectivity index (χ2v) is 5.26. The maximum atomic E-state index is 10.9. The first-order chi connectivity index (χ1) is 11.4. The van der Waals surface area contributed by atoms with E-state index in [1.807, 2.05) is 0 Å². The molecule has 0 saturated carbocycles. The molecule has 1 aromatic carbocycles. The summed E-state index contributed by atoms with van der Waals surface area (Å²) in [5, 5.41) is 21.6. The predicted octanol–water partition coefficient (Wildman–Crippen LogP) is 1.07. The number of carbonyl (C=O) groups excluding carboxylic acids is 1. The van der Waals surface area contributed by atoms with E-state index in [2.05, 4.69) is 5.32 Å². The summed E-state index contributed by atoms with van der Waals surface area (Å²) in [6.45, 7) is 1.70. The van der Waals surface area contributed by atoms with E-state index >= 15 is 0 Å². The van der Waals surface area contributed by atoms with Crippen LogP contribution in [0.15, 0.2) is 48.8 Å². The molecule has 0 saturated heterocycles. The number of hydrogen-bond donors (Lipinski definition) is 3. The number of aliphatic hydroxyl groups excluding tert-OH is 1. The Labute approximate surface area is 139 Å². The van der Waals surface area contributed by atoms with Crippen LogP contribution in [0, 0.1) is 0 Å². The molecule has 0 aliphatic heterocycles. The number of aromatic carboxylic acids is 1. The van der Waals surface area contributed by atoms with Gasteiger partial charge in [-0.1, -0.05) is 0 Å². The zero-order chi connectivity index (χ0) is 17.5. The van der Waals surface area contributed by atoms with Crippen LogP contribution in [0.3, 0.4) is 0 Å². The van der Waals surface area contributed by atoms with Gasteiger partial charge in [0.05, 0.1) is 0 Å². The van der Waals surface area contributed by atoms with Gasteiger partial charge in [0.1, 0.15) is 24.0 Å². The smallest absolute Gasteiger partial charge is 0.341 e. The molecule has 7 nitrogen and oxygen atoms in total. The molecule has 1 aromatic heterocycles. The van der Waals surface area contributed by atoms with Crippen molar-refractivity contribution in [3.8, 4) is 5.75 Å². The number of nitrogens with zero attached hydrogens (tertiary/aromatic N) is 1. The molecule has 126 valence electrons. The van der Waals surface area contributed by atoms with Crippen LogP contribution in [0.25, 0.3) is 0 Å². The summed E-state index contributed by atoms with van der Waals surface area (Å²) in [6.07, 6.45) is 2.33. The molecule has 0 spiro atoms. The Balaban J connectivity index is 1.86. The molecule has 2 rings (SSSR count). The SMILES string of the molecule is CC(=O)Nc1ccc(OC[C@H](O)C[n+]2cccc(C(=O)O)c2)cc1. The molecular weight excluding hydrogens is 312 g/mol. The molecule has 0 aliphatic carbocycles. The summed E-state index contributed by atoms with van der Waals surface area (Å²) in [5.41, 5.74) is 0.815. The maximum absolute atomic E-state index is 10.9. The fraction of sp³-hybridized carbons (Fsp3) is 0.235. The maximum Gasteiger partial charge on any atom is 0.341 e. The van der Waals surface area contributed by atoms with Crippen molar-refractivity contribution in [1.82, 2.24) is 0 Å². The molecule has 0 aliphatic rings. The average Bonchev–Trinajstić information content (AvgIpc) is 2.54. The van der Waals surface area contributed by atoms with E-state index in [4.69, 9.17) is 9.84 Å². The van der Waals surface area contributed by atoms with Crippen molar-refractivity contribution >= 4 is 17.6 Å². The largest absolute Gasteiger partial charge is 0.491 e. The molecule has 0 bridgehead atoms. The zero-order valence-corrected chi connectivity index (χ0v) is 13.2. The molecule has 1 amide bonds. The number of carbonyl (C=O) groups is 2. The first kappa shape index (κ1) is 17.4. The minimum atomic E-state index is -1.02. The topological polar surface area (TPSA) is 99.7 Å². The van der Waals surface area contributed by atoms with E-state index < -0.39 is 12.1 Å². The monoisotopic (exact) mass is 331 g/mol. The fourth-order valence-corrected chi connectivity index (χ4v) is 2.09. The van der Waals surface area contributed by atoms with Crippen LogP contribution in [0.1, 0.15) is 17.3 Å². The lowest BCUT2D eigenvalue weighted by Gasteiger charge is -2.11. The van der Waals surface area contributed by atoms with Crippen LogP contribution in [-0.2, 0) is 11.3 Å². The molecule has 0 unspecified atom stereocenters. The molecule has 7 heteroatoms. The number of amides is 1. The molecule has 3 N–H and O–H groups in total. The molecule has 24 heavy (non-hydrogen) atoms. The molecule has 1 heterocycles. The van der Waals surface area contributed by atoms with E-state index in [0.29, 0.717) is 11.4 Å². The van der Waals surface area contributed by atoms with Crippen LogP contribution in [0.2, 0.25) is 0 Å². The minimum Gasteiger partial charge on any atom is -0.491 e. The van der Waals surface area contributed by atoms with Gasteiger partial charge >= 0.3 is 5.97 Å². The number of ether oxygens (including phenoxy) is 1. The number of nitrogens with one attached hydrogen (secondary N) is 1. The summed E-state index contributed by atoms with van der Waals surface area (Å²) >= 11 is 0. The van der Waals surface area contributed by atoms with Crippen molar-refractivity contribution in [3.05, 3.63) is 54.4 Å². The van der Waals surface area contributed by atoms with Crippen molar-refractivity contribution in [2.75, 3.05) is 11.9 Å². The lowest BCUT2D eigenvalue weighted by atomic mass is 10.2. The second-order valence-electron chi connectivity index (χ2n) is 5.26. The number of benzene rings is 1. The number of anilines is 1. The van der Waals surface area contributed by atoms with E-state index in [1.54, 1.807) is 41.1 Å². The highest BCUT2D eigenvalue weighted by atomic mass is 16.5. The van der Waals surface area contributed by atoms with E-state index in [1.165, 1.54) is 19.2 Å². The molecule has 0 fully saturated rings. The number of carboxylic acid groups (broad SMARTS) is 1. The Morgan fingerprint density at radius 1 is 1.25 bits per heavy atom.